The quantitative estimate of drug-likeness (QED) is 0.437. The molecule has 7 nitrogen and oxygen atoms in total. The molecule has 1 unspecified atom stereocenters. The predicted molar refractivity (Wildman–Crippen MR) is 130 cm³/mol. The number of nitrogens with zero attached hydrogens (tertiary/aromatic N) is 3. The molecule has 0 aliphatic carbocycles. The van der Waals surface area contributed by atoms with E-state index in [1.54, 1.807) is 24.3 Å². The third-order valence-corrected chi connectivity index (χ3v) is 6.26. The van der Waals surface area contributed by atoms with Crippen LogP contribution in [0.2, 0.25) is 5.02 Å². The monoisotopic (exact) mass is 501 g/mol. The smallest absolute Gasteiger partial charge is 0.258 e. The summed E-state index contributed by atoms with van der Waals surface area (Å²) in [6, 6.07) is 8.85. The van der Waals surface area contributed by atoms with E-state index in [1.165, 1.54) is 26.0 Å². The molecular weight excluding hydrogens is 476 g/mol. The van der Waals surface area contributed by atoms with Crippen LogP contribution < -0.4 is 15.8 Å². The summed E-state index contributed by atoms with van der Waals surface area (Å²) in [6.07, 6.45) is 2.87. The molecule has 2 heterocycles. The van der Waals surface area contributed by atoms with Gasteiger partial charge in [0.1, 0.15) is 17.7 Å². The molecule has 1 fully saturated rings. The van der Waals surface area contributed by atoms with Crippen LogP contribution >= 0.6 is 11.6 Å². The van der Waals surface area contributed by atoms with Gasteiger partial charge in [0.05, 0.1) is 16.9 Å². The summed E-state index contributed by atoms with van der Waals surface area (Å²) in [7, 11) is 0. The number of ether oxygens (including phenoxy) is 1. The van der Waals surface area contributed by atoms with E-state index in [0.29, 0.717) is 23.4 Å². The maximum absolute atomic E-state index is 14.3. The van der Waals surface area contributed by atoms with Gasteiger partial charge in [-0.25, -0.2) is 18.7 Å². The van der Waals surface area contributed by atoms with Gasteiger partial charge in [-0.05, 0) is 57.1 Å². The molecule has 0 spiro atoms. The number of carbonyl (C=O) groups excluding carboxylic acids is 1. The molecule has 35 heavy (non-hydrogen) atoms. The highest BCUT2D eigenvalue weighted by molar-refractivity contribution is 6.31. The average Bonchev–Trinajstić information content (AvgIpc) is 3.37. The summed E-state index contributed by atoms with van der Waals surface area (Å²) in [5.74, 6) is -1.74. The van der Waals surface area contributed by atoms with Crippen LogP contribution in [0.1, 0.15) is 41.8 Å². The first kappa shape index (κ1) is 24.8. The second-order valence-corrected chi connectivity index (χ2v) is 8.73. The van der Waals surface area contributed by atoms with Crippen molar-refractivity contribution < 1.29 is 18.3 Å². The third kappa shape index (κ3) is 5.86. The highest BCUT2D eigenvalue weighted by Crippen LogP contribution is 2.33. The van der Waals surface area contributed by atoms with Crippen LogP contribution in [-0.2, 0) is 0 Å². The number of likely N-dealkylation sites (tertiary alicyclic amines) is 1. The Labute approximate surface area is 207 Å². The van der Waals surface area contributed by atoms with Crippen molar-refractivity contribution in [1.29, 1.82) is 0 Å². The molecule has 1 aliphatic rings. The van der Waals surface area contributed by atoms with E-state index in [2.05, 4.69) is 20.2 Å². The van der Waals surface area contributed by atoms with Crippen LogP contribution in [0, 0.1) is 11.6 Å². The molecular formula is C25H26ClF2N5O2. The fourth-order valence-corrected chi connectivity index (χ4v) is 4.31. The Kier molecular flexibility index (Phi) is 7.77. The molecule has 1 amide bonds. The zero-order valence-electron chi connectivity index (χ0n) is 19.2. The van der Waals surface area contributed by atoms with Gasteiger partial charge in [-0.1, -0.05) is 23.7 Å². The molecule has 0 saturated carbocycles. The van der Waals surface area contributed by atoms with E-state index in [9.17, 15) is 13.6 Å². The first-order valence-corrected chi connectivity index (χ1v) is 11.7. The topological polar surface area (TPSA) is 93.4 Å². The molecule has 1 aromatic heterocycles. The lowest BCUT2D eigenvalue weighted by atomic mass is 10.1. The van der Waals surface area contributed by atoms with Crippen molar-refractivity contribution >= 4 is 23.3 Å². The van der Waals surface area contributed by atoms with E-state index in [-0.39, 0.29) is 28.2 Å². The van der Waals surface area contributed by atoms with Crippen molar-refractivity contribution in [3.05, 3.63) is 70.4 Å². The van der Waals surface area contributed by atoms with Crippen molar-refractivity contribution in [2.24, 2.45) is 0 Å². The summed E-state index contributed by atoms with van der Waals surface area (Å²) in [4.78, 5) is 23.5. The minimum absolute atomic E-state index is 0.0238. The maximum atomic E-state index is 14.3. The van der Waals surface area contributed by atoms with Crippen molar-refractivity contribution in [3.8, 4) is 17.1 Å². The number of aromatic nitrogens is 2. The Morgan fingerprint density at radius 1 is 1.23 bits per heavy atom. The zero-order chi connectivity index (χ0) is 24.9. The van der Waals surface area contributed by atoms with E-state index in [1.807, 2.05) is 0 Å². The SMILES string of the molecule is CC(Oc1nc(-c2cccc(C(=O)NCCN3CCCC3)c2)cnc1N)c1c(F)ccc(F)c1Cl. The molecule has 184 valence electrons. The number of nitrogens with one attached hydrogen (secondary N) is 1. The first-order valence-electron chi connectivity index (χ1n) is 11.4. The maximum Gasteiger partial charge on any atom is 0.258 e. The normalized spacial score (nSPS) is 14.6. The molecule has 4 rings (SSSR count). The molecule has 3 aromatic rings. The minimum atomic E-state index is -0.988. The Bertz CT molecular complexity index is 1220. The van der Waals surface area contributed by atoms with Gasteiger partial charge >= 0.3 is 0 Å². The molecule has 1 saturated heterocycles. The van der Waals surface area contributed by atoms with Crippen LogP contribution in [0.3, 0.4) is 0 Å². The number of nitrogens with two attached hydrogens (primary N) is 1. The molecule has 0 bridgehead atoms. The number of carbonyl (C=O) groups is 1. The Balaban J connectivity index is 1.49. The van der Waals surface area contributed by atoms with Crippen LogP contribution in [0.5, 0.6) is 5.88 Å². The number of anilines is 1. The highest BCUT2D eigenvalue weighted by Gasteiger charge is 2.22. The van der Waals surface area contributed by atoms with Gasteiger partial charge in [0.25, 0.3) is 11.8 Å². The zero-order valence-corrected chi connectivity index (χ0v) is 20.0. The summed E-state index contributed by atoms with van der Waals surface area (Å²) in [5, 5.41) is 2.57. The van der Waals surface area contributed by atoms with Gasteiger partial charge in [0.2, 0.25) is 0 Å². The van der Waals surface area contributed by atoms with Crippen molar-refractivity contribution in [3.63, 3.8) is 0 Å². The number of hydrogen-bond acceptors (Lipinski definition) is 6. The second kappa shape index (κ2) is 11.0. The van der Waals surface area contributed by atoms with Gasteiger partial charge in [-0.15, -0.1) is 0 Å². The number of rotatable bonds is 8. The summed E-state index contributed by atoms with van der Waals surface area (Å²) >= 11 is 5.94. The lowest BCUT2D eigenvalue weighted by molar-refractivity contribution is 0.0950. The lowest BCUT2D eigenvalue weighted by Gasteiger charge is -2.18. The van der Waals surface area contributed by atoms with E-state index in [4.69, 9.17) is 22.1 Å². The van der Waals surface area contributed by atoms with Crippen molar-refractivity contribution in [2.75, 3.05) is 31.9 Å². The molecule has 1 atom stereocenters. The van der Waals surface area contributed by atoms with Gasteiger partial charge in [0, 0.05) is 29.8 Å². The molecule has 3 N–H and O–H groups in total. The van der Waals surface area contributed by atoms with Crippen LogP contribution in [0.25, 0.3) is 11.3 Å². The lowest BCUT2D eigenvalue weighted by Crippen LogP contribution is -2.33. The number of benzene rings is 2. The fraction of sp³-hybridized carbons (Fsp3) is 0.320. The molecule has 10 heteroatoms. The van der Waals surface area contributed by atoms with Crippen molar-refractivity contribution in [1.82, 2.24) is 20.2 Å². The van der Waals surface area contributed by atoms with Crippen LogP contribution in [-0.4, -0.2) is 47.0 Å². The number of halogens is 3. The summed E-state index contributed by atoms with van der Waals surface area (Å²) in [5.41, 5.74) is 7.27. The first-order chi connectivity index (χ1) is 16.8. The molecule has 2 aromatic carbocycles. The van der Waals surface area contributed by atoms with E-state index >= 15 is 0 Å². The van der Waals surface area contributed by atoms with Gasteiger partial charge in [-0.3, -0.25) is 4.79 Å². The average molecular weight is 502 g/mol. The number of nitrogen functional groups attached to an aromatic ring is 1. The van der Waals surface area contributed by atoms with Gasteiger partial charge in [0.15, 0.2) is 5.82 Å². The van der Waals surface area contributed by atoms with E-state index < -0.39 is 17.7 Å². The minimum Gasteiger partial charge on any atom is -0.467 e. The number of hydrogen-bond donors (Lipinski definition) is 2. The third-order valence-electron chi connectivity index (χ3n) is 5.87. The van der Waals surface area contributed by atoms with E-state index in [0.717, 1.165) is 31.8 Å². The van der Waals surface area contributed by atoms with Crippen LogP contribution in [0.4, 0.5) is 14.6 Å². The molecule has 0 radical (unpaired) electrons. The Morgan fingerprint density at radius 3 is 2.74 bits per heavy atom. The van der Waals surface area contributed by atoms with Gasteiger partial charge in [-0.2, -0.15) is 0 Å². The highest BCUT2D eigenvalue weighted by atomic mass is 35.5. The van der Waals surface area contributed by atoms with Gasteiger partial charge < -0.3 is 20.7 Å². The van der Waals surface area contributed by atoms with Crippen LogP contribution in [0.15, 0.2) is 42.6 Å². The second-order valence-electron chi connectivity index (χ2n) is 8.35. The fourth-order valence-electron chi connectivity index (χ4n) is 4.00. The largest absolute Gasteiger partial charge is 0.467 e. The number of amides is 1. The predicted octanol–water partition coefficient (Wildman–Crippen LogP) is 4.62. The Hall–Kier alpha value is -3.30. The molecule has 1 aliphatic heterocycles. The standard InChI is InChI=1S/C25H26ClF2N5O2/c1-15(21-18(27)7-8-19(28)22(21)26)35-25-23(29)31-14-20(32-25)16-5-4-6-17(13-16)24(34)30-9-12-33-10-2-3-11-33/h4-8,13-15H,2-3,9-12H2,1H3,(H2,29,31)(H,30,34). The summed E-state index contributed by atoms with van der Waals surface area (Å²) in [6.45, 7) is 5.04. The summed E-state index contributed by atoms with van der Waals surface area (Å²) < 4.78 is 33.8. The van der Waals surface area contributed by atoms with Crippen molar-refractivity contribution in [2.45, 2.75) is 25.9 Å². The Morgan fingerprint density at radius 2 is 1.97 bits per heavy atom.